The van der Waals surface area contributed by atoms with E-state index in [0.717, 1.165) is 22.6 Å². The third kappa shape index (κ3) is 6.02. The van der Waals surface area contributed by atoms with E-state index in [-0.39, 0.29) is 18.4 Å². The highest BCUT2D eigenvalue weighted by molar-refractivity contribution is 7.16. The number of anilines is 1. The number of nitrogens with zero attached hydrogens (tertiary/aromatic N) is 1. The Bertz CT molecular complexity index is 741. The predicted octanol–water partition coefficient (Wildman–Crippen LogP) is 3.61. The minimum Gasteiger partial charge on any atom is -0.394 e. The quantitative estimate of drug-likeness (QED) is 0.580. The van der Waals surface area contributed by atoms with Crippen molar-refractivity contribution in [3.05, 3.63) is 46.5 Å². The minimum atomic E-state index is -0.761. The molecule has 0 saturated carbocycles. The summed E-state index contributed by atoms with van der Waals surface area (Å²) in [5, 5.41) is 25.9. The molecule has 1 heterocycles. The molecule has 0 aliphatic carbocycles. The Labute approximate surface area is 164 Å². The van der Waals surface area contributed by atoms with Crippen molar-refractivity contribution in [2.75, 3.05) is 11.9 Å². The van der Waals surface area contributed by atoms with Crippen molar-refractivity contribution in [2.24, 2.45) is 0 Å². The number of urea groups is 1. The first-order valence-corrected chi connectivity index (χ1v) is 9.97. The largest absolute Gasteiger partial charge is 0.394 e. The first-order chi connectivity index (χ1) is 12.7. The molecule has 7 heteroatoms. The van der Waals surface area contributed by atoms with Gasteiger partial charge in [-0.1, -0.05) is 58.0 Å². The number of hydrogen-bond acceptors (Lipinski definition) is 5. The Morgan fingerprint density at radius 2 is 1.93 bits per heavy atom. The Balaban J connectivity index is 1.98. The van der Waals surface area contributed by atoms with E-state index in [1.54, 1.807) is 0 Å². The summed E-state index contributed by atoms with van der Waals surface area (Å²) in [5.41, 5.74) is 1.70. The van der Waals surface area contributed by atoms with Gasteiger partial charge in [0, 0.05) is 4.88 Å². The van der Waals surface area contributed by atoms with Gasteiger partial charge in [-0.15, -0.1) is 11.3 Å². The van der Waals surface area contributed by atoms with E-state index >= 15 is 0 Å². The van der Waals surface area contributed by atoms with Crippen LogP contribution in [0.15, 0.2) is 30.3 Å². The van der Waals surface area contributed by atoms with Crippen LogP contribution in [-0.4, -0.2) is 33.9 Å². The van der Waals surface area contributed by atoms with Crippen LogP contribution < -0.4 is 10.6 Å². The van der Waals surface area contributed by atoms with Crippen molar-refractivity contribution in [1.82, 2.24) is 10.3 Å². The fourth-order valence-corrected chi connectivity index (χ4v) is 3.92. The molecule has 2 amide bonds. The Morgan fingerprint density at radius 3 is 2.44 bits per heavy atom. The molecule has 1 aromatic heterocycles. The zero-order valence-electron chi connectivity index (χ0n) is 16.3. The lowest BCUT2D eigenvalue weighted by atomic mass is 9.93. The second-order valence-corrected chi connectivity index (χ2v) is 8.54. The lowest BCUT2D eigenvalue weighted by Crippen LogP contribution is -2.41. The van der Waals surface area contributed by atoms with E-state index in [9.17, 15) is 15.0 Å². The van der Waals surface area contributed by atoms with E-state index in [0.29, 0.717) is 5.13 Å². The van der Waals surface area contributed by atoms with Gasteiger partial charge in [0.1, 0.15) is 0 Å². The number of thiazole rings is 1. The van der Waals surface area contributed by atoms with Crippen molar-refractivity contribution in [3.8, 4) is 0 Å². The van der Waals surface area contributed by atoms with Gasteiger partial charge in [-0.2, -0.15) is 0 Å². The molecule has 0 spiro atoms. The number of aromatic nitrogens is 1. The average molecular weight is 392 g/mol. The molecule has 2 aromatic rings. The van der Waals surface area contributed by atoms with Crippen LogP contribution in [0.4, 0.5) is 9.93 Å². The van der Waals surface area contributed by atoms with Gasteiger partial charge in [0.2, 0.25) is 0 Å². The first kappa shape index (κ1) is 21.3. The maximum Gasteiger partial charge on any atom is 0.321 e. The van der Waals surface area contributed by atoms with Crippen molar-refractivity contribution >= 4 is 22.5 Å². The van der Waals surface area contributed by atoms with Gasteiger partial charge >= 0.3 is 6.03 Å². The highest BCUT2D eigenvalue weighted by atomic mass is 32.1. The Hall–Kier alpha value is -1.96. The molecule has 2 unspecified atom stereocenters. The Kier molecular flexibility index (Phi) is 7.35. The number of benzene rings is 1. The standard InChI is InChI=1S/C20H29N3O3S/c1-5-15-17(20(2,3)4)27-19(22-15)23-18(26)21-14(12-24)11-16(25)13-9-7-6-8-10-13/h6-10,14,16,24-25H,5,11-12H2,1-4H3,(H2,21,22,23,26). The number of aryl methyl sites for hydroxylation is 1. The van der Waals surface area contributed by atoms with Crippen molar-refractivity contribution in [3.63, 3.8) is 0 Å². The molecule has 1 aromatic carbocycles. The molecular formula is C20H29N3O3S. The van der Waals surface area contributed by atoms with Crippen molar-refractivity contribution < 1.29 is 15.0 Å². The second-order valence-electron chi connectivity index (χ2n) is 7.54. The molecule has 0 saturated heterocycles. The summed E-state index contributed by atoms with van der Waals surface area (Å²) in [6.45, 7) is 8.15. The van der Waals surface area contributed by atoms with E-state index in [2.05, 4.69) is 36.4 Å². The van der Waals surface area contributed by atoms with Crippen LogP contribution in [-0.2, 0) is 11.8 Å². The number of hydrogen-bond donors (Lipinski definition) is 4. The maximum atomic E-state index is 12.3. The maximum absolute atomic E-state index is 12.3. The SMILES string of the molecule is CCc1nc(NC(=O)NC(CO)CC(O)c2ccccc2)sc1C(C)(C)C. The number of carbonyl (C=O) groups is 1. The highest BCUT2D eigenvalue weighted by Gasteiger charge is 2.23. The summed E-state index contributed by atoms with van der Waals surface area (Å²) >= 11 is 1.47. The van der Waals surface area contributed by atoms with E-state index < -0.39 is 18.2 Å². The smallest absolute Gasteiger partial charge is 0.321 e. The molecule has 148 valence electrons. The van der Waals surface area contributed by atoms with Gasteiger partial charge in [0.05, 0.1) is 24.4 Å². The minimum absolute atomic E-state index is 0.0349. The summed E-state index contributed by atoms with van der Waals surface area (Å²) in [6, 6.07) is 8.18. The fourth-order valence-electron chi connectivity index (χ4n) is 2.81. The molecule has 4 N–H and O–H groups in total. The number of aliphatic hydroxyl groups is 2. The summed E-state index contributed by atoms with van der Waals surface area (Å²) in [5.74, 6) is 0. The van der Waals surface area contributed by atoms with Crippen LogP contribution >= 0.6 is 11.3 Å². The van der Waals surface area contributed by atoms with Gasteiger partial charge in [-0.25, -0.2) is 9.78 Å². The molecule has 2 rings (SSSR count). The zero-order chi connectivity index (χ0) is 20.0. The summed E-state index contributed by atoms with van der Waals surface area (Å²) < 4.78 is 0. The van der Waals surface area contributed by atoms with E-state index in [1.165, 1.54) is 11.3 Å². The third-order valence-corrected chi connectivity index (χ3v) is 5.62. The summed E-state index contributed by atoms with van der Waals surface area (Å²) in [7, 11) is 0. The van der Waals surface area contributed by atoms with Crippen LogP contribution in [0, 0.1) is 0 Å². The van der Waals surface area contributed by atoms with Gasteiger partial charge in [-0.3, -0.25) is 5.32 Å². The van der Waals surface area contributed by atoms with Crippen LogP contribution in [0.1, 0.15) is 56.4 Å². The highest BCUT2D eigenvalue weighted by Crippen LogP contribution is 2.34. The van der Waals surface area contributed by atoms with E-state index in [4.69, 9.17) is 0 Å². The monoisotopic (exact) mass is 391 g/mol. The molecule has 0 aliphatic rings. The molecular weight excluding hydrogens is 362 g/mol. The van der Waals surface area contributed by atoms with Crippen LogP contribution in [0.25, 0.3) is 0 Å². The van der Waals surface area contributed by atoms with Crippen LogP contribution in [0.5, 0.6) is 0 Å². The molecule has 27 heavy (non-hydrogen) atoms. The molecule has 0 fully saturated rings. The number of rotatable bonds is 7. The predicted molar refractivity (Wildman–Crippen MR) is 109 cm³/mol. The van der Waals surface area contributed by atoms with Crippen LogP contribution in [0.3, 0.4) is 0 Å². The van der Waals surface area contributed by atoms with E-state index in [1.807, 2.05) is 37.3 Å². The lowest BCUT2D eigenvalue weighted by Gasteiger charge is -2.20. The molecule has 0 bridgehead atoms. The topological polar surface area (TPSA) is 94.5 Å². The van der Waals surface area contributed by atoms with Crippen LogP contribution in [0.2, 0.25) is 0 Å². The number of carbonyl (C=O) groups excluding carboxylic acids is 1. The number of nitrogens with one attached hydrogen (secondary N) is 2. The lowest BCUT2D eigenvalue weighted by molar-refractivity contribution is 0.132. The third-order valence-electron chi connectivity index (χ3n) is 4.18. The average Bonchev–Trinajstić information content (AvgIpc) is 3.05. The fraction of sp³-hybridized carbons (Fsp3) is 0.500. The van der Waals surface area contributed by atoms with Crippen molar-refractivity contribution in [1.29, 1.82) is 0 Å². The van der Waals surface area contributed by atoms with Gasteiger partial charge in [0.15, 0.2) is 5.13 Å². The molecule has 0 aliphatic heterocycles. The second kappa shape index (κ2) is 9.30. The number of amides is 2. The van der Waals surface area contributed by atoms with Crippen molar-refractivity contribution in [2.45, 2.75) is 58.1 Å². The molecule has 0 radical (unpaired) electrons. The summed E-state index contributed by atoms with van der Waals surface area (Å²) in [4.78, 5) is 18.0. The Morgan fingerprint density at radius 1 is 1.26 bits per heavy atom. The normalized spacial score (nSPS) is 13.9. The zero-order valence-corrected chi connectivity index (χ0v) is 17.1. The van der Waals surface area contributed by atoms with Gasteiger partial charge in [-0.05, 0) is 23.8 Å². The van der Waals surface area contributed by atoms with Gasteiger partial charge in [0.25, 0.3) is 0 Å². The summed E-state index contributed by atoms with van der Waals surface area (Å²) in [6.07, 6.45) is 0.261. The van der Waals surface area contributed by atoms with Gasteiger partial charge < -0.3 is 15.5 Å². The number of aliphatic hydroxyl groups excluding tert-OH is 2. The molecule has 2 atom stereocenters. The first-order valence-electron chi connectivity index (χ1n) is 9.16. The molecule has 6 nitrogen and oxygen atoms in total.